The number of aliphatic hydroxyl groups is 2. The Balaban J connectivity index is 1.92. The van der Waals surface area contributed by atoms with E-state index in [4.69, 9.17) is 14.6 Å². The molecule has 21 heavy (non-hydrogen) atoms. The van der Waals surface area contributed by atoms with Crippen LogP contribution >= 0.6 is 0 Å². The number of unbranched alkanes of at least 4 members (excludes halogenated alkanes) is 7. The molecule has 0 aromatic heterocycles. The maximum atomic E-state index is 9.50. The van der Waals surface area contributed by atoms with Crippen LogP contribution in [0.4, 0.5) is 0 Å². The summed E-state index contributed by atoms with van der Waals surface area (Å²) >= 11 is 0. The quantitative estimate of drug-likeness (QED) is 0.429. The predicted octanol–water partition coefficient (Wildman–Crippen LogP) is 2.94. The van der Waals surface area contributed by atoms with Crippen LogP contribution in [0.25, 0.3) is 0 Å². The minimum Gasteiger partial charge on any atom is -0.394 e. The van der Waals surface area contributed by atoms with Crippen LogP contribution < -0.4 is 0 Å². The highest BCUT2D eigenvalue weighted by Gasteiger charge is 2.24. The van der Waals surface area contributed by atoms with Gasteiger partial charge in [0.05, 0.1) is 13.2 Å². The van der Waals surface area contributed by atoms with E-state index in [1.165, 1.54) is 38.5 Å². The summed E-state index contributed by atoms with van der Waals surface area (Å²) in [6.45, 7) is 4.18. The SMILES string of the molecule is C=CCCCCCCCCCOC1C=CC(O)C(CO)O1. The highest BCUT2D eigenvalue weighted by Crippen LogP contribution is 2.15. The molecular formula is C17H30O4. The zero-order chi connectivity index (χ0) is 15.3. The van der Waals surface area contributed by atoms with E-state index in [9.17, 15) is 5.11 Å². The molecule has 4 heteroatoms. The summed E-state index contributed by atoms with van der Waals surface area (Å²) in [5.41, 5.74) is 0. The van der Waals surface area contributed by atoms with E-state index in [0.29, 0.717) is 6.61 Å². The van der Waals surface area contributed by atoms with Crippen molar-refractivity contribution < 1.29 is 19.7 Å². The Kier molecular flexibility index (Phi) is 10.4. The third-order valence-electron chi connectivity index (χ3n) is 3.67. The number of hydrogen-bond donors (Lipinski definition) is 2. The van der Waals surface area contributed by atoms with Crippen LogP contribution in [0.5, 0.6) is 0 Å². The fourth-order valence-corrected chi connectivity index (χ4v) is 2.35. The van der Waals surface area contributed by atoms with Gasteiger partial charge in [0.2, 0.25) is 0 Å². The van der Waals surface area contributed by atoms with Gasteiger partial charge in [-0.25, -0.2) is 0 Å². The first-order chi connectivity index (χ1) is 10.3. The average Bonchev–Trinajstić information content (AvgIpc) is 2.50. The fourth-order valence-electron chi connectivity index (χ4n) is 2.35. The van der Waals surface area contributed by atoms with Crippen molar-refractivity contribution >= 4 is 0 Å². The molecule has 3 atom stereocenters. The summed E-state index contributed by atoms with van der Waals surface area (Å²) in [4.78, 5) is 0. The monoisotopic (exact) mass is 298 g/mol. The van der Waals surface area contributed by atoms with Crippen LogP contribution in [0, 0.1) is 0 Å². The second kappa shape index (κ2) is 11.9. The second-order valence-electron chi connectivity index (χ2n) is 5.52. The molecule has 1 rings (SSSR count). The van der Waals surface area contributed by atoms with Crippen LogP contribution in [0.3, 0.4) is 0 Å². The lowest BCUT2D eigenvalue weighted by molar-refractivity contribution is -0.180. The lowest BCUT2D eigenvalue weighted by atomic mass is 10.1. The molecule has 4 nitrogen and oxygen atoms in total. The number of aliphatic hydroxyl groups excluding tert-OH is 2. The summed E-state index contributed by atoms with van der Waals surface area (Å²) in [5.74, 6) is 0. The summed E-state index contributed by atoms with van der Waals surface area (Å²) in [6, 6.07) is 0. The van der Waals surface area contributed by atoms with E-state index in [-0.39, 0.29) is 6.61 Å². The van der Waals surface area contributed by atoms with Gasteiger partial charge in [0, 0.05) is 0 Å². The molecule has 0 radical (unpaired) electrons. The Morgan fingerprint density at radius 2 is 1.71 bits per heavy atom. The molecule has 0 saturated carbocycles. The Bertz CT molecular complexity index is 291. The van der Waals surface area contributed by atoms with Gasteiger partial charge in [-0.2, -0.15) is 0 Å². The lowest BCUT2D eigenvalue weighted by Crippen LogP contribution is -2.38. The van der Waals surface area contributed by atoms with Crippen molar-refractivity contribution in [2.24, 2.45) is 0 Å². The van der Waals surface area contributed by atoms with E-state index < -0.39 is 18.5 Å². The highest BCUT2D eigenvalue weighted by atomic mass is 16.7. The lowest BCUT2D eigenvalue weighted by Gasteiger charge is -2.28. The molecule has 1 aliphatic heterocycles. The molecule has 2 N–H and O–H groups in total. The van der Waals surface area contributed by atoms with Crippen molar-refractivity contribution in [3.8, 4) is 0 Å². The molecule has 3 unspecified atom stereocenters. The van der Waals surface area contributed by atoms with Gasteiger partial charge in [0.25, 0.3) is 0 Å². The normalized spacial score (nSPS) is 25.1. The van der Waals surface area contributed by atoms with Gasteiger partial charge in [0.1, 0.15) is 12.2 Å². The molecular weight excluding hydrogens is 268 g/mol. The Labute approximate surface area is 128 Å². The van der Waals surface area contributed by atoms with Gasteiger partial charge >= 0.3 is 0 Å². The minimum atomic E-state index is -0.740. The van der Waals surface area contributed by atoms with Crippen molar-refractivity contribution in [2.75, 3.05) is 13.2 Å². The van der Waals surface area contributed by atoms with Crippen molar-refractivity contribution in [3.05, 3.63) is 24.8 Å². The maximum absolute atomic E-state index is 9.50. The number of rotatable bonds is 12. The van der Waals surface area contributed by atoms with Crippen LogP contribution in [0.1, 0.15) is 51.4 Å². The van der Waals surface area contributed by atoms with Gasteiger partial charge in [-0.1, -0.05) is 44.3 Å². The van der Waals surface area contributed by atoms with Gasteiger partial charge in [-0.15, -0.1) is 6.58 Å². The molecule has 1 heterocycles. The molecule has 0 spiro atoms. The number of allylic oxidation sites excluding steroid dienone is 1. The van der Waals surface area contributed by atoms with E-state index in [2.05, 4.69) is 6.58 Å². The highest BCUT2D eigenvalue weighted by molar-refractivity contribution is 4.99. The average molecular weight is 298 g/mol. The van der Waals surface area contributed by atoms with Crippen molar-refractivity contribution in [1.82, 2.24) is 0 Å². The largest absolute Gasteiger partial charge is 0.394 e. The topological polar surface area (TPSA) is 58.9 Å². The molecule has 0 aromatic carbocycles. The Hall–Kier alpha value is -0.680. The van der Waals surface area contributed by atoms with Crippen molar-refractivity contribution in [2.45, 2.75) is 69.9 Å². The standard InChI is InChI=1S/C17H30O4/c1-2-3-4-5-6-7-8-9-10-13-20-17-12-11-15(19)16(14-18)21-17/h2,11-12,15-19H,1,3-10,13-14H2. The molecule has 0 aromatic rings. The zero-order valence-electron chi connectivity index (χ0n) is 13.0. The van der Waals surface area contributed by atoms with E-state index in [1.807, 2.05) is 6.08 Å². The molecule has 0 amide bonds. The first-order valence-electron chi connectivity index (χ1n) is 8.13. The van der Waals surface area contributed by atoms with Crippen molar-refractivity contribution in [1.29, 1.82) is 0 Å². The summed E-state index contributed by atoms with van der Waals surface area (Å²) in [6.07, 6.45) is 13.3. The molecule has 0 fully saturated rings. The Morgan fingerprint density at radius 3 is 2.38 bits per heavy atom. The van der Waals surface area contributed by atoms with Crippen LogP contribution in [-0.4, -0.2) is 41.9 Å². The number of hydrogen-bond acceptors (Lipinski definition) is 4. The summed E-state index contributed by atoms with van der Waals surface area (Å²) < 4.78 is 11.0. The fraction of sp³-hybridized carbons (Fsp3) is 0.765. The third-order valence-corrected chi connectivity index (χ3v) is 3.67. The minimum absolute atomic E-state index is 0.197. The van der Waals surface area contributed by atoms with Gasteiger partial charge in [-0.05, 0) is 25.3 Å². The third kappa shape index (κ3) is 8.37. The van der Waals surface area contributed by atoms with Crippen LogP contribution in [-0.2, 0) is 9.47 Å². The summed E-state index contributed by atoms with van der Waals surface area (Å²) in [5, 5.41) is 18.5. The van der Waals surface area contributed by atoms with E-state index >= 15 is 0 Å². The first-order valence-corrected chi connectivity index (χ1v) is 8.13. The molecule has 0 bridgehead atoms. The van der Waals surface area contributed by atoms with Gasteiger partial charge in [-0.3, -0.25) is 0 Å². The zero-order valence-corrected chi connectivity index (χ0v) is 13.0. The molecule has 0 aliphatic carbocycles. The van der Waals surface area contributed by atoms with E-state index in [0.717, 1.165) is 12.8 Å². The first kappa shape index (κ1) is 18.4. The molecule has 122 valence electrons. The van der Waals surface area contributed by atoms with Crippen LogP contribution in [0.2, 0.25) is 0 Å². The van der Waals surface area contributed by atoms with Crippen molar-refractivity contribution in [3.63, 3.8) is 0 Å². The molecule has 0 saturated heterocycles. The van der Waals surface area contributed by atoms with Gasteiger partial charge in [0.15, 0.2) is 6.29 Å². The smallest absolute Gasteiger partial charge is 0.177 e. The van der Waals surface area contributed by atoms with E-state index in [1.54, 1.807) is 12.2 Å². The Morgan fingerprint density at radius 1 is 1.05 bits per heavy atom. The maximum Gasteiger partial charge on any atom is 0.177 e. The predicted molar refractivity (Wildman–Crippen MR) is 84.0 cm³/mol. The second-order valence-corrected chi connectivity index (χ2v) is 5.52. The summed E-state index contributed by atoms with van der Waals surface area (Å²) in [7, 11) is 0. The van der Waals surface area contributed by atoms with Gasteiger partial charge < -0.3 is 19.7 Å². The van der Waals surface area contributed by atoms with Crippen LogP contribution in [0.15, 0.2) is 24.8 Å². The molecule has 1 aliphatic rings. The number of ether oxygens (including phenoxy) is 2.